The van der Waals surface area contributed by atoms with Gasteiger partial charge in [-0.05, 0) is 38.3 Å². The number of benzene rings is 1. The Morgan fingerprint density at radius 3 is 2.83 bits per heavy atom. The van der Waals surface area contributed by atoms with Crippen molar-refractivity contribution in [2.24, 2.45) is 7.05 Å². The molecule has 2 aliphatic rings. The number of ether oxygens (including phenoxy) is 1. The van der Waals surface area contributed by atoms with Crippen molar-refractivity contribution >= 4 is 40.1 Å². The van der Waals surface area contributed by atoms with E-state index in [0.29, 0.717) is 36.4 Å². The van der Waals surface area contributed by atoms with E-state index in [2.05, 4.69) is 40.6 Å². The first kappa shape index (κ1) is 29.6. The Kier molecular flexibility index (Phi) is 7.96. The molecule has 46 heavy (non-hydrogen) atoms. The van der Waals surface area contributed by atoms with E-state index in [4.69, 9.17) is 9.72 Å². The quantitative estimate of drug-likeness (QED) is 0.191. The minimum absolute atomic E-state index is 0.0775. The molecule has 1 amide bonds. The molecule has 14 heteroatoms. The van der Waals surface area contributed by atoms with E-state index in [1.165, 1.54) is 6.33 Å². The highest BCUT2D eigenvalue weighted by Crippen LogP contribution is 2.33. The number of rotatable bonds is 9. The fourth-order valence-electron chi connectivity index (χ4n) is 6.08. The van der Waals surface area contributed by atoms with Gasteiger partial charge in [0.25, 0.3) is 0 Å². The topological polar surface area (TPSA) is 162 Å². The second-order valence-corrected chi connectivity index (χ2v) is 12.0. The third-order valence-electron chi connectivity index (χ3n) is 8.57. The highest BCUT2D eigenvalue weighted by molar-refractivity contribution is 6.06. The summed E-state index contributed by atoms with van der Waals surface area (Å²) in [5.41, 5.74) is 5.19. The molecule has 2 saturated heterocycles. The minimum atomic E-state index is -0.333. The molecule has 7 rings (SSSR count). The molecule has 2 atom stereocenters. The monoisotopic (exact) mass is 623 g/mol. The average Bonchev–Trinajstić information content (AvgIpc) is 3.83. The number of aliphatic hydroxyl groups is 1. The molecule has 14 nitrogen and oxygen atoms in total. The number of amides is 1. The molecule has 6 heterocycles. The van der Waals surface area contributed by atoms with Crippen LogP contribution in [0.3, 0.4) is 0 Å². The summed E-state index contributed by atoms with van der Waals surface area (Å²) in [6.45, 7) is 6.89. The number of aromatic amines is 1. The second-order valence-electron chi connectivity index (χ2n) is 12.0. The van der Waals surface area contributed by atoms with Gasteiger partial charge in [-0.15, -0.1) is 0 Å². The predicted octanol–water partition coefficient (Wildman–Crippen LogP) is 3.17. The Morgan fingerprint density at radius 1 is 1.13 bits per heavy atom. The third-order valence-corrected chi connectivity index (χ3v) is 8.57. The molecule has 0 unspecified atom stereocenters. The van der Waals surface area contributed by atoms with Crippen LogP contribution in [0.25, 0.3) is 22.2 Å². The van der Waals surface area contributed by atoms with E-state index in [0.717, 1.165) is 65.2 Å². The number of nitrogens with zero attached hydrogens (tertiary/aromatic N) is 8. The van der Waals surface area contributed by atoms with Crippen LogP contribution in [0.1, 0.15) is 24.1 Å². The maximum atomic E-state index is 13.2. The van der Waals surface area contributed by atoms with Gasteiger partial charge < -0.3 is 30.4 Å². The van der Waals surface area contributed by atoms with Crippen molar-refractivity contribution in [2.45, 2.75) is 38.9 Å². The fourth-order valence-corrected chi connectivity index (χ4v) is 6.08. The van der Waals surface area contributed by atoms with Crippen molar-refractivity contribution in [1.29, 1.82) is 0 Å². The molecule has 2 aliphatic heterocycles. The van der Waals surface area contributed by atoms with Gasteiger partial charge in [-0.1, -0.05) is 12.1 Å². The van der Waals surface area contributed by atoms with Crippen LogP contribution in [-0.4, -0.2) is 95.5 Å². The number of hydrogen-bond acceptors (Lipinski definition) is 11. The second kappa shape index (κ2) is 12.4. The van der Waals surface area contributed by atoms with Crippen LogP contribution < -0.4 is 20.3 Å². The number of nitrogens with one attached hydrogen (secondary N) is 3. The number of carbonyl (C=O) groups is 1. The van der Waals surface area contributed by atoms with Crippen LogP contribution in [0.15, 0.2) is 49.1 Å². The van der Waals surface area contributed by atoms with Gasteiger partial charge in [0.15, 0.2) is 5.82 Å². The largest absolute Gasteiger partial charge is 0.473 e. The van der Waals surface area contributed by atoms with Gasteiger partial charge in [-0.2, -0.15) is 5.10 Å². The smallest absolute Gasteiger partial charge is 0.238 e. The van der Waals surface area contributed by atoms with Gasteiger partial charge in [0.2, 0.25) is 17.7 Å². The molecule has 0 saturated carbocycles. The fraction of sp³-hybridized carbons (Fsp3) is 0.375. The van der Waals surface area contributed by atoms with Gasteiger partial charge in [0.1, 0.15) is 18.2 Å². The predicted molar refractivity (Wildman–Crippen MR) is 174 cm³/mol. The molecule has 1 aromatic carbocycles. The lowest BCUT2D eigenvalue weighted by Gasteiger charge is -2.19. The zero-order valence-corrected chi connectivity index (χ0v) is 26.1. The van der Waals surface area contributed by atoms with E-state index in [1.54, 1.807) is 10.9 Å². The highest BCUT2D eigenvalue weighted by atomic mass is 16.5. The SMILES string of the molecule is Cc1cnc(Nc2cc(C)n(C)n2)nc1-c1c[nH]c2c(NC(=O)CN3CC[C@H](Oc4cc(N5CC[C@H](O)C5)ncn4)C3)cccc12. The number of anilines is 4. The Bertz CT molecular complexity index is 1870. The number of para-hydroxylation sites is 1. The Balaban J connectivity index is 0.992. The highest BCUT2D eigenvalue weighted by Gasteiger charge is 2.27. The van der Waals surface area contributed by atoms with Gasteiger partial charge in [0.05, 0.1) is 29.5 Å². The molecule has 0 bridgehead atoms. The first-order chi connectivity index (χ1) is 22.3. The van der Waals surface area contributed by atoms with Crippen LogP contribution in [-0.2, 0) is 11.8 Å². The average molecular weight is 624 g/mol. The summed E-state index contributed by atoms with van der Waals surface area (Å²) in [6.07, 6.45) is 6.31. The number of likely N-dealkylation sites (tertiary alicyclic amines) is 1. The van der Waals surface area contributed by atoms with E-state index in [-0.39, 0.29) is 24.7 Å². The van der Waals surface area contributed by atoms with E-state index in [9.17, 15) is 9.90 Å². The summed E-state index contributed by atoms with van der Waals surface area (Å²) >= 11 is 0. The lowest BCUT2D eigenvalue weighted by molar-refractivity contribution is -0.117. The van der Waals surface area contributed by atoms with Crippen LogP contribution in [0.4, 0.5) is 23.3 Å². The van der Waals surface area contributed by atoms with Crippen molar-refractivity contribution in [3.63, 3.8) is 0 Å². The molecule has 0 aliphatic carbocycles. The molecular formula is C32H37N11O3. The van der Waals surface area contributed by atoms with Crippen molar-refractivity contribution in [3.05, 3.63) is 60.3 Å². The number of H-pyrrole nitrogens is 1. The van der Waals surface area contributed by atoms with Crippen molar-refractivity contribution in [2.75, 3.05) is 48.3 Å². The van der Waals surface area contributed by atoms with E-state index < -0.39 is 0 Å². The lowest BCUT2D eigenvalue weighted by atomic mass is 10.1. The molecule has 5 aromatic rings. The Morgan fingerprint density at radius 2 is 2.02 bits per heavy atom. The zero-order valence-electron chi connectivity index (χ0n) is 26.1. The van der Waals surface area contributed by atoms with Crippen molar-refractivity contribution in [3.8, 4) is 17.1 Å². The summed E-state index contributed by atoms with van der Waals surface area (Å²) in [5.74, 6) is 2.29. The summed E-state index contributed by atoms with van der Waals surface area (Å²) in [7, 11) is 1.89. The lowest BCUT2D eigenvalue weighted by Crippen LogP contribution is -2.33. The van der Waals surface area contributed by atoms with Gasteiger partial charge >= 0.3 is 0 Å². The zero-order chi connectivity index (χ0) is 31.8. The molecule has 238 valence electrons. The molecule has 2 fully saturated rings. The summed E-state index contributed by atoms with van der Waals surface area (Å²) in [5, 5.41) is 21.5. The third kappa shape index (κ3) is 6.21. The molecular weight excluding hydrogens is 586 g/mol. The molecule has 4 aromatic heterocycles. The van der Waals surface area contributed by atoms with Gasteiger partial charge in [-0.3, -0.25) is 14.4 Å². The number of aryl methyl sites for hydroxylation is 3. The molecule has 4 N–H and O–H groups in total. The van der Waals surface area contributed by atoms with Crippen LogP contribution >= 0.6 is 0 Å². The number of β-amino-alcohol motifs (C(OH)–C–C–N with tert-alkyl or cyclic N) is 1. The molecule has 0 radical (unpaired) electrons. The maximum Gasteiger partial charge on any atom is 0.238 e. The van der Waals surface area contributed by atoms with E-state index in [1.807, 2.05) is 62.3 Å². The number of aromatic nitrogens is 7. The standard InChI is InChI=1S/C32H37N11O3/c1-19-13-34-32(38-26-11-20(2)41(3)40-26)39-30(19)24-14-33-31-23(24)5-4-6-25(31)37-28(45)17-42-9-8-22(16-42)46-29-12-27(35-18-36-29)43-10-7-21(44)15-43/h4-6,11-14,18,21-22,33,44H,7-10,15-17H2,1-3H3,(H,37,45)(H,34,38,39,40)/t21-,22-/m0/s1. The van der Waals surface area contributed by atoms with Gasteiger partial charge in [0, 0.05) is 74.4 Å². The van der Waals surface area contributed by atoms with Crippen LogP contribution in [0.5, 0.6) is 5.88 Å². The van der Waals surface area contributed by atoms with Crippen LogP contribution in [0.2, 0.25) is 0 Å². The number of hydrogen-bond donors (Lipinski definition) is 4. The first-order valence-electron chi connectivity index (χ1n) is 15.4. The van der Waals surface area contributed by atoms with Gasteiger partial charge in [-0.25, -0.2) is 19.9 Å². The maximum absolute atomic E-state index is 13.2. The first-order valence-corrected chi connectivity index (χ1v) is 15.4. The molecule has 0 spiro atoms. The number of fused-ring (bicyclic) bond motifs is 1. The van der Waals surface area contributed by atoms with E-state index >= 15 is 0 Å². The minimum Gasteiger partial charge on any atom is -0.473 e. The van der Waals surface area contributed by atoms with Crippen LogP contribution in [0, 0.1) is 13.8 Å². The summed E-state index contributed by atoms with van der Waals surface area (Å²) < 4.78 is 7.95. The normalized spacial score (nSPS) is 18.4. The van der Waals surface area contributed by atoms with Crippen molar-refractivity contribution in [1.82, 2.24) is 39.6 Å². The number of carbonyl (C=O) groups excluding carboxylic acids is 1. The Labute approximate surface area is 265 Å². The van der Waals surface area contributed by atoms with Crippen molar-refractivity contribution < 1.29 is 14.6 Å². The Hall–Kier alpha value is -5.08. The summed E-state index contributed by atoms with van der Waals surface area (Å²) in [4.78, 5) is 38.5. The summed E-state index contributed by atoms with van der Waals surface area (Å²) in [6, 6.07) is 9.60. The number of aliphatic hydroxyl groups excluding tert-OH is 1.